The van der Waals surface area contributed by atoms with E-state index < -0.39 is 0 Å². The third kappa shape index (κ3) is 3.65. The van der Waals surface area contributed by atoms with Crippen LogP contribution in [0.2, 0.25) is 0 Å². The number of nitrogens with zero attached hydrogens (tertiary/aromatic N) is 1. The average molecular weight is 255 g/mol. The Labute approximate surface area is 113 Å². The summed E-state index contributed by atoms with van der Waals surface area (Å²) in [5.74, 6) is -0.186. The van der Waals surface area contributed by atoms with Crippen LogP contribution in [0.25, 0.3) is 0 Å². The third-order valence-electron chi connectivity index (χ3n) is 2.96. The van der Waals surface area contributed by atoms with Crippen molar-refractivity contribution < 1.29 is 9.53 Å². The van der Waals surface area contributed by atoms with Gasteiger partial charge >= 0.3 is 5.97 Å². The molecule has 1 heterocycles. The van der Waals surface area contributed by atoms with Crippen LogP contribution in [0, 0.1) is 0 Å². The molecule has 0 amide bonds. The van der Waals surface area contributed by atoms with E-state index in [-0.39, 0.29) is 11.9 Å². The van der Waals surface area contributed by atoms with Gasteiger partial charge in [-0.1, -0.05) is 36.4 Å². The van der Waals surface area contributed by atoms with Gasteiger partial charge in [-0.15, -0.1) is 0 Å². The van der Waals surface area contributed by atoms with Gasteiger partial charge in [0.05, 0.1) is 13.0 Å². The largest absolute Gasteiger partial charge is 0.466 e. The highest BCUT2D eigenvalue weighted by Crippen LogP contribution is 2.27. The molecule has 0 bridgehead atoms. The van der Waals surface area contributed by atoms with Crippen LogP contribution in [-0.2, 0) is 9.53 Å². The molecule has 0 spiro atoms. The molecule has 1 atom stereocenters. The molecule has 2 aromatic rings. The molecule has 0 saturated heterocycles. The molecule has 1 aromatic carbocycles. The van der Waals surface area contributed by atoms with Gasteiger partial charge in [-0.3, -0.25) is 9.78 Å². The number of benzene rings is 1. The van der Waals surface area contributed by atoms with Gasteiger partial charge in [-0.2, -0.15) is 0 Å². The lowest BCUT2D eigenvalue weighted by atomic mass is 9.89. The molecular weight excluding hydrogens is 238 g/mol. The molecule has 1 aromatic heterocycles. The first-order chi connectivity index (χ1) is 9.31. The maximum atomic E-state index is 11.8. The molecule has 0 fully saturated rings. The van der Waals surface area contributed by atoms with Gasteiger partial charge in [-0.05, 0) is 24.1 Å². The number of ether oxygens (including phenoxy) is 1. The second-order valence-electron chi connectivity index (χ2n) is 4.26. The monoisotopic (exact) mass is 255 g/mol. The molecule has 0 unspecified atom stereocenters. The number of carbonyl (C=O) groups is 1. The van der Waals surface area contributed by atoms with Crippen molar-refractivity contribution in [1.82, 2.24) is 4.98 Å². The first-order valence-electron chi connectivity index (χ1n) is 6.41. The Morgan fingerprint density at radius 1 is 1.16 bits per heavy atom. The Morgan fingerprint density at radius 3 is 2.53 bits per heavy atom. The lowest BCUT2D eigenvalue weighted by Gasteiger charge is -2.16. The van der Waals surface area contributed by atoms with E-state index in [2.05, 4.69) is 4.98 Å². The number of aromatic nitrogens is 1. The predicted octanol–water partition coefficient (Wildman–Crippen LogP) is 3.17. The minimum absolute atomic E-state index is 0.00560. The van der Waals surface area contributed by atoms with Crippen molar-refractivity contribution in [2.75, 3.05) is 6.61 Å². The minimum atomic E-state index is -0.180. The van der Waals surface area contributed by atoms with E-state index in [1.807, 2.05) is 49.4 Å². The Kier molecular flexibility index (Phi) is 4.67. The van der Waals surface area contributed by atoms with E-state index in [1.165, 1.54) is 0 Å². The van der Waals surface area contributed by atoms with Crippen LogP contribution < -0.4 is 0 Å². The fourth-order valence-electron chi connectivity index (χ4n) is 2.08. The average Bonchev–Trinajstić information content (AvgIpc) is 2.47. The summed E-state index contributed by atoms with van der Waals surface area (Å²) in [6.45, 7) is 2.23. The van der Waals surface area contributed by atoms with E-state index in [9.17, 15) is 4.79 Å². The van der Waals surface area contributed by atoms with E-state index >= 15 is 0 Å². The predicted molar refractivity (Wildman–Crippen MR) is 73.8 cm³/mol. The van der Waals surface area contributed by atoms with Gasteiger partial charge in [0.2, 0.25) is 0 Å². The van der Waals surface area contributed by atoms with Crippen molar-refractivity contribution in [3.63, 3.8) is 0 Å². The SMILES string of the molecule is CCOC(=O)C[C@@H](c1ccccc1)c1cccnc1. The molecule has 3 heteroatoms. The van der Waals surface area contributed by atoms with Crippen molar-refractivity contribution in [1.29, 1.82) is 0 Å². The fraction of sp³-hybridized carbons (Fsp3) is 0.250. The maximum absolute atomic E-state index is 11.8. The number of hydrogen-bond acceptors (Lipinski definition) is 3. The van der Waals surface area contributed by atoms with Crippen molar-refractivity contribution in [2.24, 2.45) is 0 Å². The second kappa shape index (κ2) is 6.69. The molecule has 0 aliphatic carbocycles. The lowest BCUT2D eigenvalue weighted by molar-refractivity contribution is -0.143. The van der Waals surface area contributed by atoms with Crippen LogP contribution >= 0.6 is 0 Å². The summed E-state index contributed by atoms with van der Waals surface area (Å²) in [6.07, 6.45) is 3.87. The first kappa shape index (κ1) is 13.3. The first-order valence-corrected chi connectivity index (χ1v) is 6.41. The second-order valence-corrected chi connectivity index (χ2v) is 4.26. The minimum Gasteiger partial charge on any atom is -0.466 e. The molecule has 0 aliphatic rings. The fourth-order valence-corrected chi connectivity index (χ4v) is 2.08. The van der Waals surface area contributed by atoms with Gasteiger partial charge in [0.25, 0.3) is 0 Å². The zero-order valence-corrected chi connectivity index (χ0v) is 11.0. The van der Waals surface area contributed by atoms with Crippen LogP contribution in [0.3, 0.4) is 0 Å². The molecule has 0 saturated carbocycles. The van der Waals surface area contributed by atoms with Crippen LogP contribution in [0.1, 0.15) is 30.4 Å². The van der Waals surface area contributed by atoms with E-state index in [4.69, 9.17) is 4.74 Å². The quantitative estimate of drug-likeness (QED) is 0.770. The highest BCUT2D eigenvalue weighted by Gasteiger charge is 2.18. The zero-order chi connectivity index (χ0) is 13.5. The zero-order valence-electron chi connectivity index (χ0n) is 11.0. The smallest absolute Gasteiger partial charge is 0.306 e. The Balaban J connectivity index is 2.26. The number of pyridine rings is 1. The molecule has 0 N–H and O–H groups in total. The van der Waals surface area contributed by atoms with E-state index in [0.29, 0.717) is 13.0 Å². The van der Waals surface area contributed by atoms with Gasteiger partial charge in [0.1, 0.15) is 0 Å². The molecule has 3 nitrogen and oxygen atoms in total. The highest BCUT2D eigenvalue weighted by atomic mass is 16.5. The molecule has 19 heavy (non-hydrogen) atoms. The maximum Gasteiger partial charge on any atom is 0.306 e. The van der Waals surface area contributed by atoms with Crippen molar-refractivity contribution >= 4 is 5.97 Å². The third-order valence-corrected chi connectivity index (χ3v) is 2.96. The highest BCUT2D eigenvalue weighted by molar-refractivity contribution is 5.71. The summed E-state index contributed by atoms with van der Waals surface area (Å²) < 4.78 is 5.06. The Hall–Kier alpha value is -2.16. The van der Waals surface area contributed by atoms with Gasteiger partial charge in [0.15, 0.2) is 0 Å². The summed E-state index contributed by atoms with van der Waals surface area (Å²) in [5, 5.41) is 0. The summed E-state index contributed by atoms with van der Waals surface area (Å²) in [6, 6.07) is 13.8. The van der Waals surface area contributed by atoms with Crippen LogP contribution in [0.5, 0.6) is 0 Å². The Bertz CT molecular complexity index is 471. The standard InChI is InChI=1S/C16H17NO2/c1-2-19-16(18)11-15(13-7-4-3-5-8-13)14-9-6-10-17-12-14/h3-10,12,15H,2,11H2,1H3/t15-/m0/s1. The van der Waals surface area contributed by atoms with Gasteiger partial charge in [0, 0.05) is 18.3 Å². The van der Waals surface area contributed by atoms with E-state index in [0.717, 1.165) is 11.1 Å². The van der Waals surface area contributed by atoms with Crippen LogP contribution in [0.15, 0.2) is 54.9 Å². The normalized spacial score (nSPS) is 11.8. The van der Waals surface area contributed by atoms with E-state index in [1.54, 1.807) is 12.4 Å². The number of esters is 1. The van der Waals surface area contributed by atoms with Crippen molar-refractivity contribution in [3.05, 3.63) is 66.0 Å². The topological polar surface area (TPSA) is 39.2 Å². The number of carbonyl (C=O) groups excluding carboxylic acids is 1. The van der Waals surface area contributed by atoms with Gasteiger partial charge in [-0.25, -0.2) is 0 Å². The summed E-state index contributed by atoms with van der Waals surface area (Å²) >= 11 is 0. The summed E-state index contributed by atoms with van der Waals surface area (Å²) in [5.41, 5.74) is 2.13. The molecule has 0 radical (unpaired) electrons. The lowest BCUT2D eigenvalue weighted by Crippen LogP contribution is -2.11. The molecular formula is C16H17NO2. The number of rotatable bonds is 5. The Morgan fingerprint density at radius 2 is 1.89 bits per heavy atom. The number of hydrogen-bond donors (Lipinski definition) is 0. The van der Waals surface area contributed by atoms with Crippen LogP contribution in [0.4, 0.5) is 0 Å². The summed E-state index contributed by atoms with van der Waals surface area (Å²) in [4.78, 5) is 15.9. The molecule has 0 aliphatic heterocycles. The van der Waals surface area contributed by atoms with Crippen LogP contribution in [-0.4, -0.2) is 17.6 Å². The van der Waals surface area contributed by atoms with Crippen molar-refractivity contribution in [3.8, 4) is 0 Å². The summed E-state index contributed by atoms with van der Waals surface area (Å²) in [7, 11) is 0. The van der Waals surface area contributed by atoms with Gasteiger partial charge < -0.3 is 4.74 Å². The molecule has 98 valence electrons. The molecule has 2 rings (SSSR count). The van der Waals surface area contributed by atoms with Crippen molar-refractivity contribution in [2.45, 2.75) is 19.3 Å².